The molecule has 0 aliphatic rings. The highest BCUT2D eigenvalue weighted by Crippen LogP contribution is 2.52. The summed E-state index contributed by atoms with van der Waals surface area (Å²) in [5.41, 5.74) is 23.9. The summed E-state index contributed by atoms with van der Waals surface area (Å²) in [4.78, 5) is 9.54. The molecule has 0 aliphatic heterocycles. The van der Waals surface area contributed by atoms with E-state index in [0.717, 1.165) is 79.4 Å². The molecule has 550 valence electrons. The lowest BCUT2D eigenvalue weighted by molar-refractivity contribution is 0.745. The molecule has 2 aromatic heterocycles. The first-order valence-corrected chi connectivity index (χ1v) is 41.2. The quantitative estimate of drug-likeness (QED) is 0.0665. The lowest BCUT2D eigenvalue weighted by Crippen LogP contribution is -2.31. The van der Waals surface area contributed by atoms with Crippen LogP contribution in [-0.2, 0) is 10.8 Å². The molecule has 0 atom stereocenters. The Bertz CT molecular complexity index is 6150. The highest BCUT2D eigenvalue weighted by atomic mass is 32.1. The van der Waals surface area contributed by atoms with Crippen molar-refractivity contribution in [3.63, 3.8) is 0 Å². The molecule has 0 saturated heterocycles. The summed E-state index contributed by atoms with van der Waals surface area (Å²) in [7, 11) is 0. The van der Waals surface area contributed by atoms with Crippen LogP contribution in [0.5, 0.6) is 0 Å². The maximum absolute atomic E-state index is 2.39. The van der Waals surface area contributed by atoms with Crippen molar-refractivity contribution in [1.82, 2.24) is 0 Å². The molecule has 0 saturated carbocycles. The Kier molecular flexibility index (Phi) is 18.9. The first-order chi connectivity index (χ1) is 57.5. The fourth-order valence-corrected chi connectivity index (χ4v) is 19.9. The smallest absolute Gasteiger partial charge is 0.0701 e. The Labute approximate surface area is 685 Å². The normalized spacial score (nSPS) is 11.6. The van der Waals surface area contributed by atoms with E-state index < -0.39 is 10.8 Å². The zero-order valence-electron chi connectivity index (χ0n) is 63.6. The van der Waals surface area contributed by atoms with E-state index in [4.69, 9.17) is 0 Å². The van der Waals surface area contributed by atoms with Crippen molar-refractivity contribution in [3.8, 4) is 11.1 Å². The second kappa shape index (κ2) is 30.9. The second-order valence-corrected chi connectivity index (χ2v) is 31.7. The Hall–Kier alpha value is -14.4. The monoisotopic (exact) mass is 1520 g/mol. The highest BCUT2D eigenvalue weighted by molar-refractivity contribution is 7.26. The van der Waals surface area contributed by atoms with E-state index in [1.165, 1.54) is 84.9 Å². The highest BCUT2D eigenvalue weighted by Gasteiger charge is 2.40. The van der Waals surface area contributed by atoms with Crippen molar-refractivity contribution in [3.05, 3.63) is 518 Å². The van der Waals surface area contributed by atoms with E-state index in [-0.39, 0.29) is 0 Å². The zero-order chi connectivity index (χ0) is 77.2. The van der Waals surface area contributed by atoms with Crippen LogP contribution in [-0.4, -0.2) is 0 Å². The van der Waals surface area contributed by atoms with Crippen molar-refractivity contribution in [2.75, 3.05) is 19.6 Å². The Morgan fingerprint density at radius 3 is 0.578 bits per heavy atom. The summed E-state index contributed by atoms with van der Waals surface area (Å²) in [6.45, 7) is 0. The molecule has 18 aromatic carbocycles. The topological polar surface area (TPSA) is 13.0 Å². The van der Waals surface area contributed by atoms with Crippen LogP contribution < -0.4 is 19.6 Å². The second-order valence-electron chi connectivity index (χ2n) is 29.5. The molecule has 0 spiro atoms. The number of anilines is 12. The molecule has 20 aromatic rings. The van der Waals surface area contributed by atoms with E-state index in [1.54, 1.807) is 0 Å². The Balaban J connectivity index is 0.590. The summed E-state index contributed by atoms with van der Waals surface area (Å²) in [5.74, 6) is 0. The van der Waals surface area contributed by atoms with Gasteiger partial charge in [0.25, 0.3) is 0 Å². The van der Waals surface area contributed by atoms with Crippen molar-refractivity contribution in [2.45, 2.75) is 10.8 Å². The molecular weight excluding hydrogens is 1440 g/mol. The van der Waals surface area contributed by atoms with Crippen molar-refractivity contribution >= 4 is 131 Å². The first kappa shape index (κ1) is 70.7. The molecule has 0 N–H and O–H groups in total. The summed E-state index contributed by atoms with van der Waals surface area (Å²) >= 11 is 3.69. The zero-order valence-corrected chi connectivity index (χ0v) is 65.3. The molecule has 20 rings (SSSR count). The van der Waals surface area contributed by atoms with Crippen molar-refractivity contribution in [1.29, 1.82) is 0 Å². The average molecular weight is 1520 g/mol. The molecule has 2 heterocycles. The molecule has 6 heteroatoms. The average Bonchev–Trinajstić information content (AvgIpc) is 1.01. The van der Waals surface area contributed by atoms with Gasteiger partial charge in [-0.05, 0) is 213 Å². The van der Waals surface area contributed by atoms with Crippen molar-refractivity contribution in [2.24, 2.45) is 0 Å². The van der Waals surface area contributed by atoms with Crippen LogP contribution in [0.4, 0.5) is 68.2 Å². The van der Waals surface area contributed by atoms with Crippen molar-refractivity contribution < 1.29 is 0 Å². The van der Waals surface area contributed by atoms with E-state index in [2.05, 4.69) is 493 Å². The molecule has 116 heavy (non-hydrogen) atoms. The standard InChI is InChI=1S/C110H78N4S2/c1-11-31-81(32-12-1)109(82-33-13-2-14-34-82,83-35-15-3-16-36-83)87-55-63-95(64-56-87)113(91-47-27-9-28-48-91)99-67-71-101-103-75-97(69-73-105(103)115-107(101)77-99)111(89-43-23-7-24-44-89)93-59-51-79(52-60-93)80-53-61-94(62-54-80)112(90-45-25-8-26-46-90)98-70-74-106-104(76-98)102-72-68-100(78-108(102)116-106)114(92-49-29-10-30-50-92)96-65-57-88(58-66-96)110(84-37-17-4-18-38-84,85-39-19-5-20-40-85)86-41-21-6-22-42-86/h1-78H. The van der Waals surface area contributed by atoms with Crippen LogP contribution in [0.15, 0.2) is 473 Å². The van der Waals surface area contributed by atoms with Crippen LogP contribution in [0.2, 0.25) is 0 Å². The van der Waals surface area contributed by atoms with Crippen LogP contribution in [0.1, 0.15) is 44.5 Å². The van der Waals surface area contributed by atoms with Crippen LogP contribution in [0.3, 0.4) is 0 Å². The van der Waals surface area contributed by atoms with E-state index in [1.807, 2.05) is 22.7 Å². The first-order valence-electron chi connectivity index (χ1n) is 39.6. The van der Waals surface area contributed by atoms with E-state index >= 15 is 0 Å². The van der Waals surface area contributed by atoms with Gasteiger partial charge in [-0.1, -0.05) is 315 Å². The summed E-state index contributed by atoms with van der Waals surface area (Å²) in [6.07, 6.45) is 0. The third kappa shape index (κ3) is 12.9. The lowest BCUT2D eigenvalue weighted by atomic mass is 9.65. The number of para-hydroxylation sites is 4. The fraction of sp³-hybridized carbons (Fsp3) is 0.0182. The molecule has 0 radical (unpaired) electrons. The van der Waals surface area contributed by atoms with Gasteiger partial charge in [-0.3, -0.25) is 0 Å². The summed E-state index contributed by atoms with van der Waals surface area (Å²) in [5, 5.41) is 4.90. The number of fused-ring (bicyclic) bond motifs is 6. The van der Waals surface area contributed by atoms with Gasteiger partial charge in [0.15, 0.2) is 0 Å². The third-order valence-corrected chi connectivity index (χ3v) is 25.2. The third-order valence-electron chi connectivity index (χ3n) is 22.9. The van der Waals surface area contributed by atoms with Gasteiger partial charge in [0.05, 0.1) is 10.8 Å². The molecule has 0 bridgehead atoms. The number of hydrogen-bond donors (Lipinski definition) is 0. The fourth-order valence-electron chi connectivity index (χ4n) is 17.6. The minimum absolute atomic E-state index is 0.551. The minimum atomic E-state index is -0.551. The van der Waals surface area contributed by atoms with Crippen LogP contribution >= 0.6 is 22.7 Å². The van der Waals surface area contributed by atoms with Gasteiger partial charge >= 0.3 is 0 Å². The van der Waals surface area contributed by atoms with E-state index in [0.29, 0.717) is 0 Å². The predicted molar refractivity (Wildman–Crippen MR) is 493 cm³/mol. The van der Waals surface area contributed by atoms with Crippen LogP contribution in [0.25, 0.3) is 51.5 Å². The van der Waals surface area contributed by atoms with Gasteiger partial charge in [0, 0.05) is 109 Å². The summed E-state index contributed by atoms with van der Waals surface area (Å²) < 4.78 is 4.93. The minimum Gasteiger partial charge on any atom is -0.310 e. The van der Waals surface area contributed by atoms with Gasteiger partial charge in [-0.2, -0.15) is 0 Å². The lowest BCUT2D eigenvalue weighted by Gasteiger charge is -2.37. The molecule has 0 fully saturated rings. The SMILES string of the molecule is c1ccc(N(c2ccc(C(c3ccccc3)(c3ccccc3)c3ccccc3)cc2)c2ccc3c(c2)sc2ccc(N(c4ccccc4)c4ccc(-c5ccc(N(c6ccccc6)c6ccc7sc8cc(N(c9ccccc9)c9ccc(C(c%10ccccc%10)(c%10ccccc%10)c%10ccccc%10)cc9)ccc8c7c6)cc5)cc4)cc23)cc1. The molecular formula is C110H78N4S2. The van der Waals surface area contributed by atoms with E-state index in [9.17, 15) is 0 Å². The number of thiophene rings is 2. The van der Waals surface area contributed by atoms with Gasteiger partial charge in [-0.25, -0.2) is 0 Å². The molecule has 0 aliphatic carbocycles. The molecule has 0 unspecified atom stereocenters. The number of rotatable bonds is 21. The number of hydrogen-bond acceptors (Lipinski definition) is 6. The molecule has 0 amide bonds. The number of benzene rings is 18. The Morgan fingerprint density at radius 1 is 0.138 bits per heavy atom. The van der Waals surface area contributed by atoms with Gasteiger partial charge in [0.2, 0.25) is 0 Å². The molecule has 4 nitrogen and oxygen atoms in total. The van der Waals surface area contributed by atoms with Gasteiger partial charge in [-0.15, -0.1) is 22.7 Å². The predicted octanol–water partition coefficient (Wildman–Crippen LogP) is 30.7. The van der Waals surface area contributed by atoms with Gasteiger partial charge < -0.3 is 19.6 Å². The van der Waals surface area contributed by atoms with Gasteiger partial charge in [0.1, 0.15) is 0 Å². The maximum atomic E-state index is 2.39. The maximum Gasteiger partial charge on any atom is 0.0701 e. The number of nitrogens with zero attached hydrogens (tertiary/aromatic N) is 4. The summed E-state index contributed by atoms with van der Waals surface area (Å²) in [6, 6.07) is 173. The largest absolute Gasteiger partial charge is 0.310 e. The van der Waals surface area contributed by atoms with Crippen LogP contribution in [0, 0.1) is 0 Å². The Morgan fingerprint density at radius 2 is 0.328 bits per heavy atom.